The molecule has 3 N–H and O–H groups in total. The molecule has 0 fully saturated rings. The summed E-state index contributed by atoms with van der Waals surface area (Å²) in [5, 5.41) is 2.75. The van der Waals surface area contributed by atoms with Crippen molar-refractivity contribution in [1.29, 1.82) is 0 Å². The summed E-state index contributed by atoms with van der Waals surface area (Å²) in [6.45, 7) is 4.31. The van der Waals surface area contributed by atoms with E-state index in [4.69, 9.17) is 5.73 Å². The number of rotatable bonds is 8. The van der Waals surface area contributed by atoms with E-state index >= 15 is 0 Å². The second kappa shape index (κ2) is 8.37. The van der Waals surface area contributed by atoms with Gasteiger partial charge in [0.1, 0.15) is 0 Å². The van der Waals surface area contributed by atoms with E-state index in [2.05, 4.69) is 5.32 Å². The van der Waals surface area contributed by atoms with Gasteiger partial charge >= 0.3 is 6.18 Å². The summed E-state index contributed by atoms with van der Waals surface area (Å²) in [7, 11) is 0. The lowest BCUT2D eigenvalue weighted by atomic mass is 10.1. The minimum atomic E-state index is -4.33. The van der Waals surface area contributed by atoms with Crippen LogP contribution >= 0.6 is 0 Å². The van der Waals surface area contributed by atoms with Crippen molar-refractivity contribution in [1.82, 2.24) is 10.2 Å². The molecule has 0 spiro atoms. The van der Waals surface area contributed by atoms with Crippen LogP contribution in [0.5, 0.6) is 0 Å². The number of nitrogens with zero attached hydrogens (tertiary/aromatic N) is 1. The zero-order chi connectivity index (χ0) is 15.1. The fraction of sp³-hybridized carbons (Fsp3) is 0.917. The van der Waals surface area contributed by atoms with E-state index < -0.39 is 18.8 Å². The molecule has 1 atom stereocenters. The first-order valence-corrected chi connectivity index (χ1v) is 6.56. The van der Waals surface area contributed by atoms with Gasteiger partial charge in [-0.2, -0.15) is 13.2 Å². The normalized spacial score (nSPS) is 13.9. The Labute approximate surface area is 112 Å². The molecule has 0 heterocycles. The highest BCUT2D eigenvalue weighted by atomic mass is 19.4. The van der Waals surface area contributed by atoms with Crippen LogP contribution in [-0.4, -0.2) is 48.7 Å². The van der Waals surface area contributed by atoms with Crippen molar-refractivity contribution in [3.05, 3.63) is 0 Å². The van der Waals surface area contributed by atoms with E-state index in [1.165, 1.54) is 6.92 Å². The van der Waals surface area contributed by atoms with Crippen LogP contribution < -0.4 is 11.1 Å². The number of hydrogen-bond donors (Lipinski definition) is 2. The van der Waals surface area contributed by atoms with Gasteiger partial charge in [0.15, 0.2) is 0 Å². The Bertz CT molecular complexity index is 267. The number of halogens is 3. The third-order valence-corrected chi connectivity index (χ3v) is 3.06. The van der Waals surface area contributed by atoms with Gasteiger partial charge in [-0.15, -0.1) is 0 Å². The number of carbonyl (C=O) groups excluding carboxylic acids is 1. The van der Waals surface area contributed by atoms with Crippen molar-refractivity contribution >= 4 is 5.91 Å². The molecular weight excluding hydrogens is 259 g/mol. The Morgan fingerprint density at radius 3 is 2.21 bits per heavy atom. The van der Waals surface area contributed by atoms with Crippen LogP contribution in [0.2, 0.25) is 0 Å². The number of carbonyl (C=O) groups is 1. The molecule has 114 valence electrons. The lowest BCUT2D eigenvalue weighted by molar-refractivity contribution is -0.154. The number of nitrogens with one attached hydrogen (secondary N) is 1. The molecule has 0 aromatic carbocycles. The number of amides is 1. The molecule has 0 saturated carbocycles. The van der Waals surface area contributed by atoms with Gasteiger partial charge < -0.3 is 11.1 Å². The first-order valence-electron chi connectivity index (χ1n) is 6.56. The minimum Gasteiger partial charge on any atom is -0.352 e. The summed E-state index contributed by atoms with van der Waals surface area (Å²) in [6.07, 6.45) is -2.82. The number of nitrogens with two attached hydrogens (primary N) is 1. The Morgan fingerprint density at radius 1 is 1.32 bits per heavy atom. The van der Waals surface area contributed by atoms with Crippen LogP contribution in [0.3, 0.4) is 0 Å². The third kappa shape index (κ3) is 7.37. The zero-order valence-corrected chi connectivity index (χ0v) is 11.8. The van der Waals surface area contributed by atoms with Crippen molar-refractivity contribution in [3.63, 3.8) is 0 Å². The van der Waals surface area contributed by atoms with E-state index in [1.54, 1.807) is 0 Å². The second-order valence-corrected chi connectivity index (χ2v) is 4.57. The van der Waals surface area contributed by atoms with Gasteiger partial charge in [-0.1, -0.05) is 13.8 Å². The maximum Gasteiger partial charge on any atom is 0.401 e. The van der Waals surface area contributed by atoms with Gasteiger partial charge in [-0.25, -0.2) is 0 Å². The highest BCUT2D eigenvalue weighted by Crippen LogP contribution is 2.18. The maximum absolute atomic E-state index is 12.4. The monoisotopic (exact) mass is 283 g/mol. The minimum absolute atomic E-state index is 0.000522. The number of alkyl halides is 3. The molecule has 0 aliphatic carbocycles. The molecule has 0 bridgehead atoms. The topological polar surface area (TPSA) is 58.4 Å². The van der Waals surface area contributed by atoms with Crippen LogP contribution in [0.1, 0.15) is 33.6 Å². The SMILES string of the molecule is CCC(CC)NC(=O)C(C)N(CCN)CC(F)(F)F. The Balaban J connectivity index is 4.60. The summed E-state index contributed by atoms with van der Waals surface area (Å²) in [6, 6.07) is -0.841. The summed E-state index contributed by atoms with van der Waals surface area (Å²) >= 11 is 0. The van der Waals surface area contributed by atoms with E-state index in [-0.39, 0.29) is 25.0 Å². The molecule has 1 amide bonds. The first kappa shape index (κ1) is 18.2. The fourth-order valence-electron chi connectivity index (χ4n) is 1.79. The summed E-state index contributed by atoms with van der Waals surface area (Å²) < 4.78 is 37.3. The summed E-state index contributed by atoms with van der Waals surface area (Å²) in [5.74, 6) is -0.383. The number of hydrogen-bond acceptors (Lipinski definition) is 3. The third-order valence-electron chi connectivity index (χ3n) is 3.06. The van der Waals surface area contributed by atoms with Crippen LogP contribution in [0.4, 0.5) is 13.2 Å². The molecule has 0 aliphatic rings. The van der Waals surface area contributed by atoms with Crippen LogP contribution in [0.15, 0.2) is 0 Å². The fourth-order valence-corrected chi connectivity index (χ4v) is 1.79. The average molecular weight is 283 g/mol. The van der Waals surface area contributed by atoms with Crippen molar-refractivity contribution < 1.29 is 18.0 Å². The average Bonchev–Trinajstić information content (AvgIpc) is 2.32. The lowest BCUT2D eigenvalue weighted by Gasteiger charge is -2.29. The molecule has 0 radical (unpaired) electrons. The maximum atomic E-state index is 12.4. The van der Waals surface area contributed by atoms with Crippen molar-refractivity contribution in [2.24, 2.45) is 5.73 Å². The molecule has 0 aliphatic heterocycles. The van der Waals surface area contributed by atoms with Crippen LogP contribution in [0.25, 0.3) is 0 Å². The smallest absolute Gasteiger partial charge is 0.352 e. The summed E-state index contributed by atoms with van der Waals surface area (Å²) in [5.41, 5.74) is 5.30. The molecule has 0 saturated heterocycles. The highest BCUT2D eigenvalue weighted by Gasteiger charge is 2.34. The molecule has 19 heavy (non-hydrogen) atoms. The quantitative estimate of drug-likeness (QED) is 0.710. The molecule has 1 unspecified atom stereocenters. The van der Waals surface area contributed by atoms with E-state index in [1.807, 2.05) is 13.8 Å². The highest BCUT2D eigenvalue weighted by molar-refractivity contribution is 5.81. The second-order valence-electron chi connectivity index (χ2n) is 4.57. The van der Waals surface area contributed by atoms with Gasteiger partial charge in [0, 0.05) is 19.1 Å². The molecule has 0 aromatic rings. The van der Waals surface area contributed by atoms with Crippen molar-refractivity contribution in [2.75, 3.05) is 19.6 Å². The Morgan fingerprint density at radius 2 is 1.84 bits per heavy atom. The Hall–Kier alpha value is -0.820. The van der Waals surface area contributed by atoms with Gasteiger partial charge in [-0.3, -0.25) is 9.69 Å². The summed E-state index contributed by atoms with van der Waals surface area (Å²) in [4.78, 5) is 13.0. The lowest BCUT2D eigenvalue weighted by Crippen LogP contribution is -2.51. The predicted octanol–water partition coefficient (Wildman–Crippen LogP) is 1.50. The van der Waals surface area contributed by atoms with Crippen molar-refractivity contribution in [2.45, 2.75) is 51.9 Å². The van der Waals surface area contributed by atoms with Gasteiger partial charge in [0.2, 0.25) is 5.91 Å². The standard InChI is InChI=1S/C12H24F3N3O/c1-4-10(5-2)17-11(19)9(3)18(7-6-16)8-12(13,14)15/h9-10H,4-8,16H2,1-3H3,(H,17,19). The van der Waals surface area contributed by atoms with Gasteiger partial charge in [0.05, 0.1) is 12.6 Å². The van der Waals surface area contributed by atoms with Crippen LogP contribution in [0, 0.1) is 0 Å². The molecule has 4 nitrogen and oxygen atoms in total. The molecule has 7 heteroatoms. The predicted molar refractivity (Wildman–Crippen MR) is 68.7 cm³/mol. The van der Waals surface area contributed by atoms with E-state index in [9.17, 15) is 18.0 Å². The largest absolute Gasteiger partial charge is 0.401 e. The first-order chi connectivity index (χ1) is 8.75. The van der Waals surface area contributed by atoms with Gasteiger partial charge in [-0.05, 0) is 19.8 Å². The van der Waals surface area contributed by atoms with E-state index in [0.717, 1.165) is 17.7 Å². The Kier molecular flexibility index (Phi) is 8.01. The van der Waals surface area contributed by atoms with E-state index in [0.29, 0.717) is 0 Å². The van der Waals surface area contributed by atoms with Crippen LogP contribution in [-0.2, 0) is 4.79 Å². The molecule has 0 rings (SSSR count). The molecule has 0 aromatic heterocycles. The molecular formula is C12H24F3N3O. The van der Waals surface area contributed by atoms with Gasteiger partial charge in [0.25, 0.3) is 0 Å². The van der Waals surface area contributed by atoms with Crippen molar-refractivity contribution in [3.8, 4) is 0 Å². The zero-order valence-electron chi connectivity index (χ0n) is 11.8.